The first kappa shape index (κ1) is 25.0. The summed E-state index contributed by atoms with van der Waals surface area (Å²) in [7, 11) is -4.01. The van der Waals surface area contributed by atoms with Gasteiger partial charge in [0, 0.05) is 6.54 Å². The van der Waals surface area contributed by atoms with Crippen molar-refractivity contribution in [2.75, 3.05) is 22.7 Å². The Labute approximate surface area is 200 Å². The van der Waals surface area contributed by atoms with E-state index in [-0.39, 0.29) is 16.7 Å². The first-order valence-electron chi connectivity index (χ1n) is 11.0. The molecule has 0 heterocycles. The Bertz CT molecular complexity index is 1260. The van der Waals surface area contributed by atoms with E-state index in [2.05, 4.69) is 10.6 Å². The van der Waals surface area contributed by atoms with Gasteiger partial charge in [-0.05, 0) is 54.8 Å². The van der Waals surface area contributed by atoms with E-state index in [1.165, 1.54) is 12.1 Å². The predicted molar refractivity (Wildman–Crippen MR) is 134 cm³/mol. The maximum Gasteiger partial charge on any atom is 0.264 e. The van der Waals surface area contributed by atoms with Crippen molar-refractivity contribution < 1.29 is 18.0 Å². The fourth-order valence-corrected chi connectivity index (χ4v) is 4.75. The molecule has 2 amide bonds. The largest absolute Gasteiger partial charge is 0.352 e. The molecular weight excluding hydrogens is 450 g/mol. The zero-order chi connectivity index (χ0) is 24.7. The van der Waals surface area contributed by atoms with E-state index >= 15 is 0 Å². The number of hydrogen-bond donors (Lipinski definition) is 2. The molecule has 0 aliphatic rings. The molecule has 0 aromatic heterocycles. The monoisotopic (exact) mass is 479 g/mol. The second-order valence-corrected chi connectivity index (χ2v) is 10.2. The van der Waals surface area contributed by atoms with Crippen molar-refractivity contribution in [1.82, 2.24) is 5.32 Å². The molecule has 0 bridgehead atoms. The fraction of sp³-hybridized carbons (Fsp3) is 0.231. The predicted octanol–water partition coefficient (Wildman–Crippen LogP) is 4.21. The molecule has 8 heteroatoms. The van der Waals surface area contributed by atoms with Crippen LogP contribution in [0.4, 0.5) is 11.4 Å². The van der Waals surface area contributed by atoms with Gasteiger partial charge in [0.25, 0.3) is 15.9 Å². The number of carbonyl (C=O) groups excluding carboxylic acids is 2. The number of carbonyl (C=O) groups is 2. The van der Waals surface area contributed by atoms with Crippen LogP contribution >= 0.6 is 0 Å². The van der Waals surface area contributed by atoms with E-state index in [4.69, 9.17) is 0 Å². The number of sulfonamides is 1. The topological polar surface area (TPSA) is 95.6 Å². The van der Waals surface area contributed by atoms with Crippen LogP contribution in [-0.2, 0) is 14.8 Å². The summed E-state index contributed by atoms with van der Waals surface area (Å²) in [6.07, 6.45) is 0. The normalized spacial score (nSPS) is 11.2. The van der Waals surface area contributed by atoms with Gasteiger partial charge in [0.15, 0.2) is 0 Å². The lowest BCUT2D eigenvalue weighted by Gasteiger charge is -2.24. The maximum atomic E-state index is 13.4. The number of amides is 2. The van der Waals surface area contributed by atoms with E-state index < -0.39 is 22.5 Å². The van der Waals surface area contributed by atoms with Crippen molar-refractivity contribution in [2.24, 2.45) is 5.92 Å². The van der Waals surface area contributed by atoms with E-state index in [1.807, 2.05) is 26.8 Å². The lowest BCUT2D eigenvalue weighted by atomic mass is 10.1. The standard InChI is InChI=1S/C26H29N3O4S/c1-19(2)17-27-26(31)23-14-7-8-15-24(23)28-25(30)18-29(21-11-9-10-20(3)16-21)34(32,33)22-12-5-4-6-13-22/h4-16,19H,17-18H2,1-3H3,(H,27,31)(H,28,30). The molecule has 34 heavy (non-hydrogen) atoms. The molecule has 0 fully saturated rings. The van der Waals surface area contributed by atoms with Crippen molar-refractivity contribution in [2.45, 2.75) is 25.7 Å². The molecule has 0 saturated carbocycles. The summed E-state index contributed by atoms with van der Waals surface area (Å²) >= 11 is 0. The molecule has 7 nitrogen and oxygen atoms in total. The number of para-hydroxylation sites is 1. The van der Waals surface area contributed by atoms with Crippen molar-refractivity contribution in [1.29, 1.82) is 0 Å². The van der Waals surface area contributed by atoms with Crippen LogP contribution in [0.25, 0.3) is 0 Å². The Balaban J connectivity index is 1.89. The molecule has 0 aliphatic carbocycles. The van der Waals surface area contributed by atoms with Gasteiger partial charge in [0.2, 0.25) is 5.91 Å². The molecule has 3 aromatic rings. The number of benzene rings is 3. The number of hydrogen-bond acceptors (Lipinski definition) is 4. The lowest BCUT2D eigenvalue weighted by Crippen LogP contribution is -2.38. The van der Waals surface area contributed by atoms with Gasteiger partial charge in [-0.3, -0.25) is 13.9 Å². The van der Waals surface area contributed by atoms with Crippen molar-refractivity contribution in [3.63, 3.8) is 0 Å². The van der Waals surface area contributed by atoms with Crippen LogP contribution < -0.4 is 14.9 Å². The molecule has 178 valence electrons. The quantitative estimate of drug-likeness (QED) is 0.480. The number of nitrogens with one attached hydrogen (secondary N) is 2. The van der Waals surface area contributed by atoms with Gasteiger partial charge in [0.05, 0.1) is 21.8 Å². The summed E-state index contributed by atoms with van der Waals surface area (Å²) in [6, 6.07) is 21.6. The second-order valence-electron chi connectivity index (χ2n) is 8.36. The summed E-state index contributed by atoms with van der Waals surface area (Å²) in [4.78, 5) is 25.7. The van der Waals surface area contributed by atoms with E-state index in [9.17, 15) is 18.0 Å². The molecule has 0 aliphatic heterocycles. The zero-order valence-electron chi connectivity index (χ0n) is 19.5. The van der Waals surface area contributed by atoms with Gasteiger partial charge < -0.3 is 10.6 Å². The van der Waals surface area contributed by atoms with E-state index in [0.717, 1.165) is 9.87 Å². The SMILES string of the molecule is Cc1cccc(N(CC(=O)Nc2ccccc2C(=O)NCC(C)C)S(=O)(=O)c2ccccc2)c1. The summed E-state index contributed by atoms with van der Waals surface area (Å²) < 4.78 is 28.0. The highest BCUT2D eigenvalue weighted by Gasteiger charge is 2.27. The second kappa shape index (κ2) is 11.0. The molecule has 2 N–H and O–H groups in total. The number of rotatable bonds is 9. The Kier molecular flexibility index (Phi) is 8.07. The van der Waals surface area contributed by atoms with Gasteiger partial charge in [-0.1, -0.05) is 56.3 Å². The minimum Gasteiger partial charge on any atom is -0.352 e. The van der Waals surface area contributed by atoms with Crippen LogP contribution in [0.1, 0.15) is 29.8 Å². The average Bonchev–Trinajstić information content (AvgIpc) is 2.81. The van der Waals surface area contributed by atoms with Crippen LogP contribution in [-0.4, -0.2) is 33.3 Å². The molecular formula is C26H29N3O4S. The van der Waals surface area contributed by atoms with Crippen LogP contribution in [0.3, 0.4) is 0 Å². The van der Waals surface area contributed by atoms with Crippen LogP contribution in [0, 0.1) is 12.8 Å². The third-order valence-electron chi connectivity index (χ3n) is 5.02. The number of anilines is 2. The molecule has 0 radical (unpaired) electrons. The fourth-order valence-electron chi connectivity index (χ4n) is 3.32. The molecule has 0 atom stereocenters. The molecule has 0 saturated heterocycles. The van der Waals surface area contributed by atoms with E-state index in [0.29, 0.717) is 23.5 Å². The van der Waals surface area contributed by atoms with Crippen LogP contribution in [0.2, 0.25) is 0 Å². The minimum atomic E-state index is -4.01. The van der Waals surface area contributed by atoms with Gasteiger partial charge in [-0.25, -0.2) is 8.42 Å². The Morgan fingerprint density at radius 2 is 1.59 bits per heavy atom. The summed E-state index contributed by atoms with van der Waals surface area (Å²) in [5, 5.41) is 5.55. The Morgan fingerprint density at radius 3 is 2.26 bits per heavy atom. The van der Waals surface area contributed by atoms with Gasteiger partial charge >= 0.3 is 0 Å². The summed E-state index contributed by atoms with van der Waals surface area (Å²) in [6.45, 7) is 5.87. The number of aryl methyl sites for hydroxylation is 1. The molecule has 3 rings (SSSR count). The third kappa shape index (κ3) is 6.23. The highest BCUT2D eigenvalue weighted by Crippen LogP contribution is 2.25. The zero-order valence-corrected chi connectivity index (χ0v) is 20.3. The van der Waals surface area contributed by atoms with Crippen molar-refractivity contribution >= 4 is 33.2 Å². The van der Waals surface area contributed by atoms with Crippen LogP contribution in [0.15, 0.2) is 83.8 Å². The smallest absolute Gasteiger partial charge is 0.264 e. The van der Waals surface area contributed by atoms with Gasteiger partial charge in [-0.2, -0.15) is 0 Å². The Hall–Kier alpha value is -3.65. The van der Waals surface area contributed by atoms with Gasteiger partial charge in [0.1, 0.15) is 6.54 Å². The third-order valence-corrected chi connectivity index (χ3v) is 6.81. The number of nitrogens with zero attached hydrogens (tertiary/aromatic N) is 1. The van der Waals surface area contributed by atoms with Gasteiger partial charge in [-0.15, -0.1) is 0 Å². The van der Waals surface area contributed by atoms with E-state index in [1.54, 1.807) is 60.7 Å². The lowest BCUT2D eigenvalue weighted by molar-refractivity contribution is -0.114. The minimum absolute atomic E-state index is 0.0813. The highest BCUT2D eigenvalue weighted by molar-refractivity contribution is 7.92. The molecule has 0 unspecified atom stereocenters. The Morgan fingerprint density at radius 1 is 0.912 bits per heavy atom. The summed E-state index contributed by atoms with van der Waals surface area (Å²) in [5.74, 6) is -0.598. The maximum absolute atomic E-state index is 13.4. The first-order valence-corrected chi connectivity index (χ1v) is 12.4. The van der Waals surface area contributed by atoms with Crippen molar-refractivity contribution in [3.05, 3.63) is 90.0 Å². The molecule has 0 spiro atoms. The highest BCUT2D eigenvalue weighted by atomic mass is 32.2. The molecule has 3 aromatic carbocycles. The summed E-state index contributed by atoms with van der Waals surface area (Å²) in [5.41, 5.74) is 1.86. The van der Waals surface area contributed by atoms with Crippen LogP contribution in [0.5, 0.6) is 0 Å². The first-order chi connectivity index (χ1) is 16.2. The average molecular weight is 480 g/mol. The van der Waals surface area contributed by atoms with Crippen molar-refractivity contribution in [3.8, 4) is 0 Å².